The zero-order valence-electron chi connectivity index (χ0n) is 13.8. The average molecular weight is 364 g/mol. The molecule has 2 atom stereocenters. The molecule has 0 aromatic heterocycles. The minimum Gasteiger partial charge on any atom is -0.450 e. The molecule has 134 valence electrons. The molecule has 2 unspecified atom stereocenters. The summed E-state index contributed by atoms with van der Waals surface area (Å²) in [6, 6.07) is 5.41. The third kappa shape index (κ3) is 4.05. The predicted molar refractivity (Wildman–Crippen MR) is 93.9 cm³/mol. The molecule has 4 N–H and O–H groups in total. The van der Waals surface area contributed by atoms with Gasteiger partial charge in [0.05, 0.1) is 23.6 Å². The van der Waals surface area contributed by atoms with Crippen molar-refractivity contribution in [2.75, 3.05) is 17.8 Å². The zero-order chi connectivity index (χ0) is 17.8. The Hall–Kier alpha value is -2.26. The van der Waals surface area contributed by atoms with E-state index in [0.717, 1.165) is 17.0 Å². The Morgan fingerprint density at radius 3 is 3.00 bits per heavy atom. The molecule has 0 saturated carbocycles. The molecular weight excluding hydrogens is 344 g/mol. The van der Waals surface area contributed by atoms with Gasteiger partial charge in [-0.2, -0.15) is 0 Å². The highest BCUT2D eigenvalue weighted by Crippen LogP contribution is 2.31. The van der Waals surface area contributed by atoms with E-state index in [1.54, 1.807) is 13.0 Å². The molecular formula is C16H20N4O4S. The number of carbonyl (C=O) groups excluding carboxylic acids is 3. The Kier molecular flexibility index (Phi) is 5.44. The summed E-state index contributed by atoms with van der Waals surface area (Å²) in [6.07, 6.45) is -0.160. The summed E-state index contributed by atoms with van der Waals surface area (Å²) >= 11 is 1.50. The molecule has 9 heteroatoms. The number of rotatable bonds is 4. The Morgan fingerprint density at radius 1 is 1.36 bits per heavy atom. The first-order valence-electron chi connectivity index (χ1n) is 8.10. The van der Waals surface area contributed by atoms with Crippen LogP contribution < -0.4 is 21.5 Å². The van der Waals surface area contributed by atoms with Crippen LogP contribution in [0.15, 0.2) is 18.2 Å². The van der Waals surface area contributed by atoms with Crippen LogP contribution in [0.4, 0.5) is 10.5 Å². The van der Waals surface area contributed by atoms with E-state index in [1.165, 1.54) is 11.8 Å². The highest BCUT2D eigenvalue weighted by Gasteiger charge is 2.36. The van der Waals surface area contributed by atoms with Crippen molar-refractivity contribution in [2.24, 2.45) is 5.92 Å². The van der Waals surface area contributed by atoms with Crippen molar-refractivity contribution < 1.29 is 19.1 Å². The number of hydrogen-bond donors (Lipinski definition) is 4. The highest BCUT2D eigenvalue weighted by atomic mass is 32.2. The number of benzene rings is 1. The lowest BCUT2D eigenvalue weighted by Crippen LogP contribution is -2.44. The molecule has 25 heavy (non-hydrogen) atoms. The van der Waals surface area contributed by atoms with Crippen LogP contribution in [-0.4, -0.2) is 35.6 Å². The third-order valence-corrected chi connectivity index (χ3v) is 5.35. The molecule has 1 aromatic rings. The van der Waals surface area contributed by atoms with Gasteiger partial charge in [-0.1, -0.05) is 0 Å². The number of carbonyl (C=O) groups is 3. The summed E-state index contributed by atoms with van der Waals surface area (Å²) < 4.78 is 4.72. The minimum atomic E-state index is -0.756. The van der Waals surface area contributed by atoms with Crippen LogP contribution >= 0.6 is 11.8 Å². The van der Waals surface area contributed by atoms with E-state index in [0.29, 0.717) is 18.5 Å². The van der Waals surface area contributed by atoms with E-state index in [1.807, 2.05) is 12.1 Å². The van der Waals surface area contributed by atoms with Gasteiger partial charge in [0, 0.05) is 12.1 Å². The fourth-order valence-electron chi connectivity index (χ4n) is 2.81. The number of ether oxygens (including phenoxy) is 1. The standard InChI is InChI=1S/C16H20N4O4S/c1-2-24-16(23)19-14(22)11-5-6-25-15(11)18-13(21)9-3-4-12-10(7-9)8-17-20-12/h3-4,7,11,15,17,20H,2,5-6,8H2,1H3,(H,18,21)(H,19,22,23). The second kappa shape index (κ2) is 7.75. The molecule has 0 aliphatic carbocycles. The number of thioether (sulfide) groups is 1. The van der Waals surface area contributed by atoms with Crippen molar-refractivity contribution >= 4 is 35.4 Å². The normalized spacial score (nSPS) is 21.2. The lowest BCUT2D eigenvalue weighted by Gasteiger charge is -2.19. The number of hydrogen-bond acceptors (Lipinski definition) is 7. The second-order valence-corrected chi connectivity index (χ2v) is 6.97. The van der Waals surface area contributed by atoms with Gasteiger partial charge in [0.25, 0.3) is 5.91 Å². The summed E-state index contributed by atoms with van der Waals surface area (Å²) in [5.41, 5.74) is 8.52. The zero-order valence-corrected chi connectivity index (χ0v) is 14.6. The maximum atomic E-state index is 12.5. The molecule has 2 aliphatic heterocycles. The minimum absolute atomic E-state index is 0.195. The smallest absolute Gasteiger partial charge is 0.413 e. The van der Waals surface area contributed by atoms with Crippen molar-refractivity contribution in [3.63, 3.8) is 0 Å². The summed E-state index contributed by atoms with van der Waals surface area (Å²) in [7, 11) is 0. The van der Waals surface area contributed by atoms with E-state index >= 15 is 0 Å². The predicted octanol–water partition coefficient (Wildman–Crippen LogP) is 1.20. The molecule has 1 saturated heterocycles. The molecule has 8 nitrogen and oxygen atoms in total. The maximum absolute atomic E-state index is 12.5. The number of nitrogens with one attached hydrogen (secondary N) is 4. The monoisotopic (exact) mass is 364 g/mol. The maximum Gasteiger partial charge on any atom is 0.413 e. The van der Waals surface area contributed by atoms with Crippen LogP contribution in [-0.2, 0) is 16.1 Å². The van der Waals surface area contributed by atoms with Crippen LogP contribution in [0.5, 0.6) is 0 Å². The molecule has 1 fully saturated rings. The molecule has 2 aliphatic rings. The van der Waals surface area contributed by atoms with Crippen molar-refractivity contribution in [1.29, 1.82) is 0 Å². The Morgan fingerprint density at radius 2 is 2.20 bits per heavy atom. The molecule has 3 amide bonds. The number of anilines is 1. The number of alkyl carbamates (subject to hydrolysis) is 1. The number of hydrazine groups is 1. The van der Waals surface area contributed by atoms with Crippen LogP contribution in [0.1, 0.15) is 29.3 Å². The summed E-state index contributed by atoms with van der Waals surface area (Å²) in [5, 5.41) is 4.74. The van der Waals surface area contributed by atoms with E-state index < -0.39 is 17.9 Å². The highest BCUT2D eigenvalue weighted by molar-refractivity contribution is 8.00. The Bertz CT molecular complexity index is 697. The SMILES string of the molecule is CCOC(=O)NC(=O)C1CCSC1NC(=O)c1ccc2c(c1)CNN2. The van der Waals surface area contributed by atoms with Gasteiger partial charge in [-0.3, -0.25) is 14.9 Å². The molecule has 2 heterocycles. The van der Waals surface area contributed by atoms with Gasteiger partial charge in [0.15, 0.2) is 0 Å². The number of amides is 3. The number of fused-ring (bicyclic) bond motifs is 1. The first kappa shape index (κ1) is 17.6. The van der Waals surface area contributed by atoms with Crippen molar-refractivity contribution in [1.82, 2.24) is 16.1 Å². The Balaban J connectivity index is 1.62. The fraction of sp³-hybridized carbons (Fsp3) is 0.438. The van der Waals surface area contributed by atoms with Crippen LogP contribution in [0, 0.1) is 5.92 Å². The first-order valence-corrected chi connectivity index (χ1v) is 9.15. The summed E-state index contributed by atoms with van der Waals surface area (Å²) in [6.45, 7) is 2.51. The number of imide groups is 1. The van der Waals surface area contributed by atoms with Gasteiger partial charge in [-0.25, -0.2) is 10.2 Å². The van der Waals surface area contributed by atoms with Gasteiger partial charge in [0.1, 0.15) is 0 Å². The van der Waals surface area contributed by atoms with Crippen LogP contribution in [0.25, 0.3) is 0 Å². The van der Waals surface area contributed by atoms with Gasteiger partial charge in [-0.15, -0.1) is 11.8 Å². The van der Waals surface area contributed by atoms with E-state index in [9.17, 15) is 14.4 Å². The van der Waals surface area contributed by atoms with E-state index in [2.05, 4.69) is 21.5 Å². The lowest BCUT2D eigenvalue weighted by molar-refractivity contribution is -0.124. The van der Waals surface area contributed by atoms with Gasteiger partial charge >= 0.3 is 6.09 Å². The van der Waals surface area contributed by atoms with Gasteiger partial charge in [-0.05, 0) is 42.9 Å². The van der Waals surface area contributed by atoms with E-state index in [-0.39, 0.29) is 17.9 Å². The van der Waals surface area contributed by atoms with Crippen LogP contribution in [0.3, 0.4) is 0 Å². The molecule has 0 bridgehead atoms. The van der Waals surface area contributed by atoms with Gasteiger partial charge < -0.3 is 15.5 Å². The first-order chi connectivity index (χ1) is 12.1. The van der Waals surface area contributed by atoms with E-state index in [4.69, 9.17) is 4.74 Å². The molecule has 3 rings (SSSR count). The van der Waals surface area contributed by atoms with Crippen molar-refractivity contribution in [3.8, 4) is 0 Å². The lowest BCUT2D eigenvalue weighted by atomic mass is 10.0. The molecule has 1 aromatic carbocycles. The van der Waals surface area contributed by atoms with Crippen molar-refractivity contribution in [2.45, 2.75) is 25.3 Å². The fourth-order valence-corrected chi connectivity index (χ4v) is 4.14. The second-order valence-electron chi connectivity index (χ2n) is 5.72. The molecule has 0 spiro atoms. The average Bonchev–Trinajstić information content (AvgIpc) is 3.22. The van der Waals surface area contributed by atoms with Crippen LogP contribution in [0.2, 0.25) is 0 Å². The van der Waals surface area contributed by atoms with Gasteiger partial charge in [0.2, 0.25) is 5.91 Å². The summed E-state index contributed by atoms with van der Waals surface area (Å²) in [5.74, 6) is -0.376. The molecule has 0 radical (unpaired) electrons. The largest absolute Gasteiger partial charge is 0.450 e. The third-order valence-electron chi connectivity index (χ3n) is 4.07. The quantitative estimate of drug-likeness (QED) is 0.636. The Labute approximate surface area is 149 Å². The topological polar surface area (TPSA) is 109 Å². The van der Waals surface area contributed by atoms with Crippen molar-refractivity contribution in [3.05, 3.63) is 29.3 Å². The summed E-state index contributed by atoms with van der Waals surface area (Å²) in [4.78, 5) is 36.1.